The van der Waals surface area contributed by atoms with Gasteiger partial charge in [-0.05, 0) is 43.5 Å². The SMILES string of the molecule is CCc1cc(Cn2cc(-c3c(C)noc3C)ccc2=O)ccc1Br. The van der Waals surface area contributed by atoms with Crippen LogP contribution in [0.5, 0.6) is 0 Å². The summed E-state index contributed by atoms with van der Waals surface area (Å²) in [6.07, 6.45) is 2.82. The average molecular weight is 387 g/mol. The van der Waals surface area contributed by atoms with E-state index in [1.807, 2.05) is 38.2 Å². The predicted molar refractivity (Wildman–Crippen MR) is 98.3 cm³/mol. The summed E-state index contributed by atoms with van der Waals surface area (Å²) in [6.45, 7) is 6.45. The number of hydrogen-bond acceptors (Lipinski definition) is 3. The summed E-state index contributed by atoms with van der Waals surface area (Å²) < 4.78 is 8.07. The second kappa shape index (κ2) is 6.77. The van der Waals surface area contributed by atoms with E-state index >= 15 is 0 Å². The number of halogens is 1. The summed E-state index contributed by atoms with van der Waals surface area (Å²) in [5.41, 5.74) is 5.05. The molecule has 0 amide bonds. The molecule has 0 N–H and O–H groups in total. The molecule has 3 rings (SSSR count). The van der Waals surface area contributed by atoms with Crippen LogP contribution in [-0.2, 0) is 13.0 Å². The molecule has 5 heteroatoms. The molecule has 0 aliphatic rings. The molecule has 0 unspecified atom stereocenters. The molecule has 3 aromatic rings. The van der Waals surface area contributed by atoms with E-state index in [1.165, 1.54) is 5.56 Å². The number of rotatable bonds is 4. The van der Waals surface area contributed by atoms with Gasteiger partial charge in [0.25, 0.3) is 5.56 Å². The predicted octanol–water partition coefficient (Wildman–Crippen LogP) is 4.49. The molecule has 0 spiro atoms. The van der Waals surface area contributed by atoms with E-state index in [9.17, 15) is 4.79 Å². The molecule has 1 aromatic carbocycles. The van der Waals surface area contributed by atoms with Crippen molar-refractivity contribution in [3.63, 3.8) is 0 Å². The lowest BCUT2D eigenvalue weighted by molar-refractivity contribution is 0.393. The van der Waals surface area contributed by atoms with Crippen LogP contribution in [-0.4, -0.2) is 9.72 Å². The molecule has 0 radical (unpaired) electrons. The zero-order chi connectivity index (χ0) is 17.3. The first-order chi connectivity index (χ1) is 11.5. The van der Waals surface area contributed by atoms with E-state index in [0.717, 1.165) is 39.0 Å². The first-order valence-corrected chi connectivity index (χ1v) is 8.70. The second-order valence-electron chi connectivity index (χ2n) is 5.86. The highest BCUT2D eigenvalue weighted by atomic mass is 79.9. The minimum absolute atomic E-state index is 0.0218. The maximum atomic E-state index is 12.3. The Kier molecular flexibility index (Phi) is 4.71. The van der Waals surface area contributed by atoms with Crippen molar-refractivity contribution in [2.24, 2.45) is 0 Å². The molecule has 4 nitrogen and oxygen atoms in total. The van der Waals surface area contributed by atoms with Gasteiger partial charge in [0, 0.05) is 27.9 Å². The molecule has 0 atom stereocenters. The number of pyridine rings is 1. The fourth-order valence-electron chi connectivity index (χ4n) is 2.89. The molecule has 2 aromatic heterocycles. The van der Waals surface area contributed by atoms with E-state index < -0.39 is 0 Å². The summed E-state index contributed by atoms with van der Waals surface area (Å²) in [4.78, 5) is 12.3. The third kappa shape index (κ3) is 3.22. The van der Waals surface area contributed by atoms with Gasteiger partial charge in [0.2, 0.25) is 0 Å². The largest absolute Gasteiger partial charge is 0.361 e. The van der Waals surface area contributed by atoms with Gasteiger partial charge in [-0.2, -0.15) is 0 Å². The zero-order valence-electron chi connectivity index (χ0n) is 14.0. The Morgan fingerprint density at radius 3 is 2.67 bits per heavy atom. The number of aromatic nitrogens is 2. The Bertz CT molecular complexity index is 921. The van der Waals surface area contributed by atoms with Crippen molar-refractivity contribution in [3.8, 4) is 11.1 Å². The number of benzene rings is 1. The zero-order valence-corrected chi connectivity index (χ0v) is 15.6. The summed E-state index contributed by atoms with van der Waals surface area (Å²) in [6, 6.07) is 9.64. The standard InChI is InChI=1S/C19H19BrN2O2/c1-4-15-9-14(5-7-17(15)20)10-22-11-16(6-8-18(22)23)19-12(2)21-24-13(19)3/h5-9,11H,4,10H2,1-3H3. The van der Waals surface area contributed by atoms with Crippen LogP contribution in [0.1, 0.15) is 29.5 Å². The van der Waals surface area contributed by atoms with Crippen LogP contribution < -0.4 is 5.56 Å². The van der Waals surface area contributed by atoms with Crippen LogP contribution in [0.25, 0.3) is 11.1 Å². The maximum absolute atomic E-state index is 12.3. The van der Waals surface area contributed by atoms with Gasteiger partial charge >= 0.3 is 0 Å². The van der Waals surface area contributed by atoms with Crippen molar-refractivity contribution in [2.75, 3.05) is 0 Å². The van der Waals surface area contributed by atoms with Crippen molar-refractivity contribution in [1.29, 1.82) is 0 Å². The van der Waals surface area contributed by atoms with Crippen LogP contribution in [0.3, 0.4) is 0 Å². The molecule has 0 saturated carbocycles. The third-order valence-electron chi connectivity index (χ3n) is 4.15. The Balaban J connectivity index is 2.00. The normalized spacial score (nSPS) is 11.0. The van der Waals surface area contributed by atoms with Crippen molar-refractivity contribution in [2.45, 2.75) is 33.7 Å². The van der Waals surface area contributed by atoms with Gasteiger partial charge in [-0.15, -0.1) is 0 Å². The first-order valence-electron chi connectivity index (χ1n) is 7.90. The van der Waals surface area contributed by atoms with Crippen LogP contribution in [0.2, 0.25) is 0 Å². The van der Waals surface area contributed by atoms with Gasteiger partial charge in [0.15, 0.2) is 0 Å². The van der Waals surface area contributed by atoms with E-state index in [2.05, 4.69) is 34.1 Å². The first kappa shape index (κ1) is 16.7. The maximum Gasteiger partial charge on any atom is 0.250 e. The highest BCUT2D eigenvalue weighted by Crippen LogP contribution is 2.26. The van der Waals surface area contributed by atoms with Crippen LogP contribution in [0.4, 0.5) is 0 Å². The molecular weight excluding hydrogens is 368 g/mol. The minimum atomic E-state index is -0.0218. The third-order valence-corrected chi connectivity index (χ3v) is 4.92. The van der Waals surface area contributed by atoms with Crippen LogP contribution in [0.15, 0.2) is 50.3 Å². The van der Waals surface area contributed by atoms with Crippen LogP contribution in [0, 0.1) is 13.8 Å². The van der Waals surface area contributed by atoms with Gasteiger partial charge in [0.1, 0.15) is 5.76 Å². The molecule has 0 aliphatic carbocycles. The van der Waals surface area contributed by atoms with Crippen LogP contribution >= 0.6 is 15.9 Å². The average Bonchev–Trinajstić information content (AvgIpc) is 2.90. The quantitative estimate of drug-likeness (QED) is 0.663. The Morgan fingerprint density at radius 2 is 2.00 bits per heavy atom. The number of nitrogens with zero attached hydrogens (tertiary/aromatic N) is 2. The molecule has 0 saturated heterocycles. The van der Waals surface area contributed by atoms with Gasteiger partial charge in [-0.3, -0.25) is 4.79 Å². The van der Waals surface area contributed by atoms with Gasteiger partial charge < -0.3 is 9.09 Å². The molecule has 0 bridgehead atoms. The molecule has 24 heavy (non-hydrogen) atoms. The lowest BCUT2D eigenvalue weighted by atomic mass is 10.1. The smallest absolute Gasteiger partial charge is 0.250 e. The highest BCUT2D eigenvalue weighted by molar-refractivity contribution is 9.10. The summed E-state index contributed by atoms with van der Waals surface area (Å²) in [7, 11) is 0. The van der Waals surface area contributed by atoms with Crippen molar-refractivity contribution in [3.05, 3.63) is 73.9 Å². The molecule has 124 valence electrons. The minimum Gasteiger partial charge on any atom is -0.361 e. The molecule has 0 fully saturated rings. The lowest BCUT2D eigenvalue weighted by Gasteiger charge is -2.10. The Hall–Kier alpha value is -2.14. The monoisotopic (exact) mass is 386 g/mol. The Morgan fingerprint density at radius 1 is 1.21 bits per heavy atom. The number of hydrogen-bond donors (Lipinski definition) is 0. The van der Waals surface area contributed by atoms with Gasteiger partial charge in [-0.1, -0.05) is 40.1 Å². The topological polar surface area (TPSA) is 48.0 Å². The van der Waals surface area contributed by atoms with Gasteiger partial charge in [-0.25, -0.2) is 0 Å². The molecular formula is C19H19BrN2O2. The van der Waals surface area contributed by atoms with E-state index in [1.54, 1.807) is 10.6 Å². The summed E-state index contributed by atoms with van der Waals surface area (Å²) in [5.74, 6) is 0.759. The van der Waals surface area contributed by atoms with Crippen molar-refractivity contribution >= 4 is 15.9 Å². The van der Waals surface area contributed by atoms with E-state index in [-0.39, 0.29) is 5.56 Å². The Labute approximate surface area is 149 Å². The molecule has 0 aliphatic heterocycles. The van der Waals surface area contributed by atoms with E-state index in [4.69, 9.17) is 4.52 Å². The second-order valence-corrected chi connectivity index (χ2v) is 6.72. The van der Waals surface area contributed by atoms with Gasteiger partial charge in [0.05, 0.1) is 12.2 Å². The highest BCUT2D eigenvalue weighted by Gasteiger charge is 2.12. The summed E-state index contributed by atoms with van der Waals surface area (Å²) in [5, 5.41) is 3.99. The fraction of sp³-hybridized carbons (Fsp3) is 0.263. The summed E-state index contributed by atoms with van der Waals surface area (Å²) >= 11 is 3.56. The van der Waals surface area contributed by atoms with Crippen molar-refractivity contribution < 1.29 is 4.52 Å². The van der Waals surface area contributed by atoms with E-state index in [0.29, 0.717) is 6.54 Å². The fourth-order valence-corrected chi connectivity index (χ4v) is 3.42. The molecule has 2 heterocycles. The van der Waals surface area contributed by atoms with Crippen molar-refractivity contribution in [1.82, 2.24) is 9.72 Å². The number of aryl methyl sites for hydroxylation is 3. The lowest BCUT2D eigenvalue weighted by Crippen LogP contribution is -2.19.